The minimum atomic E-state index is -0.171. The number of amides is 1. The highest BCUT2D eigenvalue weighted by Gasteiger charge is 2.10. The van der Waals surface area contributed by atoms with Crippen LogP contribution in [0.5, 0.6) is 0 Å². The molecule has 1 aromatic carbocycles. The van der Waals surface area contributed by atoms with Gasteiger partial charge in [0.15, 0.2) is 0 Å². The molecule has 0 saturated heterocycles. The Balaban J connectivity index is 2.55. The number of nitrogens with one attached hydrogen (secondary N) is 1. The summed E-state index contributed by atoms with van der Waals surface area (Å²) < 4.78 is 0. The number of carbonyl (C=O) groups is 1. The quantitative estimate of drug-likeness (QED) is 0.826. The second kappa shape index (κ2) is 6.51. The standard InChI is InChI=1S/C12H16ClNO2/c1-2-10(8-15)14-12(16)7-9-5-3-4-6-11(9)13/h3-6,10,15H,2,7-8H2,1H3,(H,14,16)/t10-/m0/s1. The van der Waals surface area contributed by atoms with Gasteiger partial charge in [-0.25, -0.2) is 0 Å². The minimum Gasteiger partial charge on any atom is -0.394 e. The van der Waals surface area contributed by atoms with Crippen molar-refractivity contribution < 1.29 is 9.90 Å². The van der Waals surface area contributed by atoms with Crippen molar-refractivity contribution in [2.75, 3.05) is 6.61 Å². The van der Waals surface area contributed by atoms with Gasteiger partial charge in [0, 0.05) is 5.02 Å². The number of hydrogen-bond donors (Lipinski definition) is 2. The lowest BCUT2D eigenvalue weighted by atomic mass is 10.1. The Morgan fingerprint density at radius 3 is 2.75 bits per heavy atom. The van der Waals surface area contributed by atoms with Crippen LogP contribution in [-0.2, 0) is 11.2 Å². The maximum Gasteiger partial charge on any atom is 0.224 e. The van der Waals surface area contributed by atoms with E-state index in [2.05, 4.69) is 5.32 Å². The zero-order valence-corrected chi connectivity index (χ0v) is 10.00. The summed E-state index contributed by atoms with van der Waals surface area (Å²) in [6, 6.07) is 7.08. The summed E-state index contributed by atoms with van der Waals surface area (Å²) in [6.45, 7) is 1.88. The van der Waals surface area contributed by atoms with Crippen LogP contribution in [0.3, 0.4) is 0 Å². The summed E-state index contributed by atoms with van der Waals surface area (Å²) >= 11 is 5.94. The van der Waals surface area contributed by atoms with Crippen LogP contribution in [0.1, 0.15) is 18.9 Å². The SMILES string of the molecule is CC[C@@H](CO)NC(=O)Cc1ccccc1Cl. The van der Waals surface area contributed by atoms with E-state index in [1.807, 2.05) is 25.1 Å². The third kappa shape index (κ3) is 3.83. The van der Waals surface area contributed by atoms with Gasteiger partial charge in [0.2, 0.25) is 5.91 Å². The first-order valence-electron chi connectivity index (χ1n) is 5.31. The fourth-order valence-corrected chi connectivity index (χ4v) is 1.57. The van der Waals surface area contributed by atoms with Crippen molar-refractivity contribution in [3.63, 3.8) is 0 Å². The molecule has 0 fully saturated rings. The monoisotopic (exact) mass is 241 g/mol. The van der Waals surface area contributed by atoms with Crippen LogP contribution in [0.2, 0.25) is 5.02 Å². The van der Waals surface area contributed by atoms with E-state index >= 15 is 0 Å². The molecule has 1 aromatic rings. The van der Waals surface area contributed by atoms with E-state index in [1.165, 1.54) is 0 Å². The molecule has 0 radical (unpaired) electrons. The summed E-state index contributed by atoms with van der Waals surface area (Å²) in [6.07, 6.45) is 0.959. The Labute approximate surface area is 100 Å². The average molecular weight is 242 g/mol. The summed E-state index contributed by atoms with van der Waals surface area (Å²) in [5.41, 5.74) is 0.800. The molecule has 0 aliphatic carbocycles. The Bertz CT molecular complexity index is 351. The Hall–Kier alpha value is -1.06. The largest absolute Gasteiger partial charge is 0.394 e. The number of benzene rings is 1. The van der Waals surface area contributed by atoms with E-state index in [4.69, 9.17) is 16.7 Å². The zero-order valence-electron chi connectivity index (χ0n) is 9.24. The van der Waals surface area contributed by atoms with E-state index in [0.717, 1.165) is 5.56 Å². The fraction of sp³-hybridized carbons (Fsp3) is 0.417. The maximum atomic E-state index is 11.6. The molecule has 0 aromatic heterocycles. The van der Waals surface area contributed by atoms with Crippen LogP contribution in [0.15, 0.2) is 24.3 Å². The molecule has 88 valence electrons. The summed E-state index contributed by atoms with van der Waals surface area (Å²) in [5, 5.41) is 12.3. The molecule has 0 bridgehead atoms. The third-order valence-electron chi connectivity index (χ3n) is 2.39. The molecule has 3 nitrogen and oxygen atoms in total. The van der Waals surface area contributed by atoms with Crippen molar-refractivity contribution in [2.24, 2.45) is 0 Å². The first-order chi connectivity index (χ1) is 7.67. The van der Waals surface area contributed by atoms with Gasteiger partial charge in [-0.05, 0) is 18.1 Å². The predicted molar refractivity (Wildman–Crippen MR) is 64.5 cm³/mol. The summed E-state index contributed by atoms with van der Waals surface area (Å²) in [5.74, 6) is -0.117. The van der Waals surface area contributed by atoms with Crippen LogP contribution >= 0.6 is 11.6 Å². The van der Waals surface area contributed by atoms with E-state index < -0.39 is 0 Å². The number of aliphatic hydroxyl groups excluding tert-OH is 1. The van der Waals surface area contributed by atoms with Crippen molar-refractivity contribution in [3.05, 3.63) is 34.9 Å². The highest BCUT2D eigenvalue weighted by atomic mass is 35.5. The van der Waals surface area contributed by atoms with Gasteiger partial charge in [0.05, 0.1) is 19.1 Å². The number of rotatable bonds is 5. The molecule has 0 saturated carbocycles. The molecule has 2 N–H and O–H groups in total. The Kier molecular flexibility index (Phi) is 5.29. The second-order valence-electron chi connectivity index (χ2n) is 3.62. The smallest absolute Gasteiger partial charge is 0.224 e. The number of halogens is 1. The van der Waals surface area contributed by atoms with Crippen molar-refractivity contribution in [1.29, 1.82) is 0 Å². The second-order valence-corrected chi connectivity index (χ2v) is 4.03. The maximum absolute atomic E-state index is 11.6. The van der Waals surface area contributed by atoms with Gasteiger partial charge in [0.1, 0.15) is 0 Å². The Morgan fingerprint density at radius 2 is 2.19 bits per heavy atom. The van der Waals surface area contributed by atoms with Gasteiger partial charge in [-0.1, -0.05) is 36.7 Å². The fourth-order valence-electron chi connectivity index (χ4n) is 1.37. The Morgan fingerprint density at radius 1 is 1.50 bits per heavy atom. The van der Waals surface area contributed by atoms with Crippen molar-refractivity contribution in [1.82, 2.24) is 5.32 Å². The number of aliphatic hydroxyl groups is 1. The zero-order chi connectivity index (χ0) is 12.0. The molecule has 1 rings (SSSR count). The molecule has 0 aliphatic rings. The molecule has 0 spiro atoms. The van der Waals surface area contributed by atoms with Gasteiger partial charge in [0.25, 0.3) is 0 Å². The highest BCUT2D eigenvalue weighted by molar-refractivity contribution is 6.31. The lowest BCUT2D eigenvalue weighted by Crippen LogP contribution is -2.37. The first kappa shape index (κ1) is 13.0. The van der Waals surface area contributed by atoms with Gasteiger partial charge >= 0.3 is 0 Å². The van der Waals surface area contributed by atoms with E-state index in [9.17, 15) is 4.79 Å². The molecule has 1 atom stereocenters. The summed E-state index contributed by atoms with van der Waals surface area (Å²) in [7, 11) is 0. The normalized spacial score (nSPS) is 12.2. The molecular weight excluding hydrogens is 226 g/mol. The number of carbonyl (C=O) groups excluding carboxylic acids is 1. The van der Waals surface area contributed by atoms with Gasteiger partial charge < -0.3 is 10.4 Å². The van der Waals surface area contributed by atoms with Crippen LogP contribution < -0.4 is 5.32 Å². The lowest BCUT2D eigenvalue weighted by molar-refractivity contribution is -0.121. The average Bonchev–Trinajstić information content (AvgIpc) is 2.29. The van der Waals surface area contributed by atoms with Crippen molar-refractivity contribution >= 4 is 17.5 Å². The molecular formula is C12H16ClNO2. The van der Waals surface area contributed by atoms with Gasteiger partial charge in [-0.15, -0.1) is 0 Å². The first-order valence-corrected chi connectivity index (χ1v) is 5.68. The van der Waals surface area contributed by atoms with Gasteiger partial charge in [-0.2, -0.15) is 0 Å². The molecule has 0 aliphatic heterocycles. The summed E-state index contributed by atoms with van der Waals surface area (Å²) in [4.78, 5) is 11.6. The minimum absolute atomic E-state index is 0.0369. The topological polar surface area (TPSA) is 49.3 Å². The van der Waals surface area contributed by atoms with Crippen LogP contribution in [0.4, 0.5) is 0 Å². The predicted octanol–water partition coefficient (Wildman–Crippen LogP) is 1.77. The van der Waals surface area contributed by atoms with E-state index in [-0.39, 0.29) is 25.0 Å². The van der Waals surface area contributed by atoms with Crippen LogP contribution in [-0.4, -0.2) is 23.7 Å². The van der Waals surface area contributed by atoms with Gasteiger partial charge in [-0.3, -0.25) is 4.79 Å². The molecule has 4 heteroatoms. The molecule has 1 amide bonds. The third-order valence-corrected chi connectivity index (χ3v) is 2.76. The lowest BCUT2D eigenvalue weighted by Gasteiger charge is -2.14. The van der Waals surface area contributed by atoms with Crippen molar-refractivity contribution in [3.8, 4) is 0 Å². The van der Waals surface area contributed by atoms with Crippen LogP contribution in [0.25, 0.3) is 0 Å². The highest BCUT2D eigenvalue weighted by Crippen LogP contribution is 2.15. The van der Waals surface area contributed by atoms with E-state index in [0.29, 0.717) is 11.4 Å². The van der Waals surface area contributed by atoms with Crippen molar-refractivity contribution in [2.45, 2.75) is 25.8 Å². The number of hydrogen-bond acceptors (Lipinski definition) is 2. The molecule has 16 heavy (non-hydrogen) atoms. The van der Waals surface area contributed by atoms with Crippen LogP contribution in [0, 0.1) is 0 Å². The molecule has 0 heterocycles. The molecule has 0 unspecified atom stereocenters. The van der Waals surface area contributed by atoms with E-state index in [1.54, 1.807) is 6.07 Å².